The molecule has 0 aliphatic rings. The van der Waals surface area contributed by atoms with E-state index in [1.165, 1.54) is 38.5 Å². The number of aliphatic carboxylic acids is 1. The van der Waals surface area contributed by atoms with Crippen molar-refractivity contribution in [3.05, 3.63) is 0 Å². The molecule has 0 saturated carbocycles. The molecule has 0 atom stereocenters. The van der Waals surface area contributed by atoms with Crippen LogP contribution in [0.1, 0.15) is 65.7 Å². The summed E-state index contributed by atoms with van der Waals surface area (Å²) in [7, 11) is 0. The van der Waals surface area contributed by atoms with Gasteiger partial charge >= 0.3 is 0 Å². The van der Waals surface area contributed by atoms with E-state index in [9.17, 15) is 0 Å². The summed E-state index contributed by atoms with van der Waals surface area (Å²) in [6.07, 6.45) is 9.25. The Bertz CT molecular complexity index is 180. The first-order valence-electron chi connectivity index (χ1n) is 7.55. The first-order chi connectivity index (χ1) is 9.00. The van der Waals surface area contributed by atoms with Gasteiger partial charge in [0.1, 0.15) is 0 Å². The molecule has 0 aliphatic heterocycles. The van der Waals surface area contributed by atoms with Crippen LogP contribution in [-0.2, 0) is 9.53 Å². The number of hydrogen-bond acceptors (Lipinski definition) is 3. The third kappa shape index (κ3) is 31.7. The number of carbonyl (C=O) groups is 1. The highest BCUT2D eigenvalue weighted by Gasteiger charge is 1.95. The maximum atomic E-state index is 8.89. The Morgan fingerprint density at radius 1 is 1.05 bits per heavy atom. The lowest BCUT2D eigenvalue weighted by Gasteiger charge is -2.04. The summed E-state index contributed by atoms with van der Waals surface area (Å²) >= 11 is 0. The summed E-state index contributed by atoms with van der Waals surface area (Å²) in [6, 6.07) is 0. The molecule has 116 valence electrons. The van der Waals surface area contributed by atoms with Gasteiger partial charge in [-0.1, -0.05) is 46.0 Å². The fourth-order valence-electron chi connectivity index (χ4n) is 1.59. The summed E-state index contributed by atoms with van der Waals surface area (Å²) in [6.45, 7) is 8.42. The summed E-state index contributed by atoms with van der Waals surface area (Å²) < 4.78 is 5.48. The van der Waals surface area contributed by atoms with Crippen LogP contribution in [0, 0.1) is 5.92 Å². The highest BCUT2D eigenvalue weighted by molar-refractivity contribution is 5.60. The van der Waals surface area contributed by atoms with E-state index in [2.05, 4.69) is 19.6 Å². The fourth-order valence-corrected chi connectivity index (χ4v) is 1.59. The van der Waals surface area contributed by atoms with Crippen molar-refractivity contribution in [1.82, 2.24) is 0 Å². The number of quaternary nitrogens is 1. The van der Waals surface area contributed by atoms with Crippen LogP contribution in [0.4, 0.5) is 0 Å². The lowest BCUT2D eigenvalue weighted by molar-refractivity contribution is -0.369. The molecule has 0 aromatic heterocycles. The largest absolute Gasteiger partial charge is 0.550 e. The number of unbranched alkanes of at least 4 members (excludes halogenated alkanes) is 4. The molecule has 0 radical (unpaired) electrons. The van der Waals surface area contributed by atoms with Gasteiger partial charge in [-0.15, -0.1) is 0 Å². The monoisotopic (exact) mass is 275 g/mol. The summed E-state index contributed by atoms with van der Waals surface area (Å²) in [5.41, 5.74) is 3.79. The Morgan fingerprint density at radius 2 is 1.53 bits per heavy atom. The van der Waals surface area contributed by atoms with Crippen LogP contribution < -0.4 is 10.8 Å². The third-order valence-corrected chi connectivity index (χ3v) is 2.61. The molecule has 0 amide bonds. The van der Waals surface area contributed by atoms with E-state index in [0.29, 0.717) is 0 Å². The molecule has 0 fully saturated rings. The second kappa shape index (κ2) is 17.4. The highest BCUT2D eigenvalue weighted by atomic mass is 16.5. The van der Waals surface area contributed by atoms with Crippen molar-refractivity contribution < 1.29 is 20.4 Å². The van der Waals surface area contributed by atoms with Crippen molar-refractivity contribution in [2.45, 2.75) is 65.7 Å². The zero-order valence-corrected chi connectivity index (χ0v) is 13.1. The number of hydrogen-bond donors (Lipinski definition) is 1. The van der Waals surface area contributed by atoms with Crippen LogP contribution in [0.25, 0.3) is 0 Å². The van der Waals surface area contributed by atoms with Gasteiger partial charge in [-0.2, -0.15) is 0 Å². The van der Waals surface area contributed by atoms with Gasteiger partial charge in [-0.3, -0.25) is 0 Å². The predicted octanol–water partition coefficient (Wildman–Crippen LogP) is 1.39. The van der Waals surface area contributed by atoms with Gasteiger partial charge in [-0.25, -0.2) is 0 Å². The molecule has 4 nitrogen and oxygen atoms in total. The highest BCUT2D eigenvalue weighted by Crippen LogP contribution is 2.10. The van der Waals surface area contributed by atoms with Crippen molar-refractivity contribution >= 4 is 5.97 Å². The van der Waals surface area contributed by atoms with Crippen LogP contribution >= 0.6 is 0 Å². The zero-order chi connectivity index (χ0) is 14.9. The molecule has 3 N–H and O–H groups in total. The van der Waals surface area contributed by atoms with Gasteiger partial charge in [0, 0.05) is 19.0 Å². The Hall–Kier alpha value is -0.610. The third-order valence-electron chi connectivity index (χ3n) is 2.61. The number of ether oxygens (including phenoxy) is 1. The first kappa shape index (κ1) is 20.7. The SMILES string of the molecule is CC(=O)[O-].CC(C)CCCCCCCOCCC[NH3+]. The fraction of sp³-hybridized carbons (Fsp3) is 0.933. The summed E-state index contributed by atoms with van der Waals surface area (Å²) in [4.78, 5) is 8.89. The van der Waals surface area contributed by atoms with Gasteiger partial charge in [0.05, 0.1) is 13.2 Å². The molecule has 0 aromatic rings. The molecule has 0 unspecified atom stereocenters. The predicted molar refractivity (Wildman–Crippen MR) is 76.4 cm³/mol. The molecule has 0 aliphatic carbocycles. The molecule has 19 heavy (non-hydrogen) atoms. The van der Waals surface area contributed by atoms with Gasteiger partial charge in [0.25, 0.3) is 0 Å². The van der Waals surface area contributed by atoms with E-state index in [0.717, 1.165) is 39.0 Å². The normalized spacial score (nSPS) is 10.2. The molecule has 0 saturated heterocycles. The van der Waals surface area contributed by atoms with Gasteiger partial charge in [0.2, 0.25) is 0 Å². The van der Waals surface area contributed by atoms with Gasteiger partial charge in [-0.05, 0) is 19.3 Å². The molecule has 4 heteroatoms. The second-order valence-corrected chi connectivity index (χ2v) is 5.26. The van der Waals surface area contributed by atoms with E-state index >= 15 is 0 Å². The molecular weight excluding hydrogens is 242 g/mol. The smallest absolute Gasteiger partial charge is 0.0762 e. The van der Waals surface area contributed by atoms with Crippen molar-refractivity contribution in [1.29, 1.82) is 0 Å². The Labute approximate surface area is 118 Å². The zero-order valence-electron chi connectivity index (χ0n) is 13.1. The van der Waals surface area contributed by atoms with E-state index in [1.54, 1.807) is 0 Å². The second-order valence-electron chi connectivity index (χ2n) is 5.26. The quantitative estimate of drug-likeness (QED) is 0.579. The number of carbonyl (C=O) groups excluding carboxylic acids is 1. The van der Waals surface area contributed by atoms with Crippen LogP contribution in [0.3, 0.4) is 0 Å². The molecular formula is C15H33NO3. The summed E-state index contributed by atoms with van der Waals surface area (Å²) in [5.74, 6) is -0.212. The molecule has 0 aromatic carbocycles. The standard InChI is InChI=1S/C13H29NO.C2H4O2/c1-13(2)9-6-4-3-5-7-11-15-12-8-10-14;1-2(3)4/h13H,3-12,14H2,1-2H3;1H3,(H,3,4). The van der Waals surface area contributed by atoms with E-state index in [1.807, 2.05) is 0 Å². The molecule has 0 spiro atoms. The average Bonchev–Trinajstić information content (AvgIpc) is 2.30. The lowest BCUT2D eigenvalue weighted by atomic mass is 10.0. The molecule has 0 heterocycles. The van der Waals surface area contributed by atoms with Crippen molar-refractivity contribution in [3.63, 3.8) is 0 Å². The molecule has 0 bridgehead atoms. The van der Waals surface area contributed by atoms with Crippen molar-refractivity contribution in [2.24, 2.45) is 5.92 Å². The maximum Gasteiger partial charge on any atom is 0.0762 e. The topological polar surface area (TPSA) is 77.0 Å². The van der Waals surface area contributed by atoms with Crippen LogP contribution in [0.2, 0.25) is 0 Å². The number of rotatable bonds is 11. The lowest BCUT2D eigenvalue weighted by Crippen LogP contribution is -2.50. The first-order valence-corrected chi connectivity index (χ1v) is 7.55. The minimum Gasteiger partial charge on any atom is -0.550 e. The van der Waals surface area contributed by atoms with E-state index < -0.39 is 5.97 Å². The Kier molecular flexibility index (Phi) is 18.9. The van der Waals surface area contributed by atoms with E-state index in [4.69, 9.17) is 14.6 Å². The van der Waals surface area contributed by atoms with Crippen molar-refractivity contribution in [2.75, 3.05) is 19.8 Å². The minimum absolute atomic E-state index is 0.871. The maximum absolute atomic E-state index is 8.89. The number of carboxylic acids is 1. The average molecular weight is 275 g/mol. The summed E-state index contributed by atoms with van der Waals surface area (Å²) in [5, 5.41) is 8.89. The van der Waals surface area contributed by atoms with Gasteiger partial charge < -0.3 is 20.4 Å². The minimum atomic E-state index is -1.08. The number of carboxylic acid groups (broad SMARTS) is 1. The Morgan fingerprint density at radius 3 is 2.05 bits per heavy atom. The van der Waals surface area contributed by atoms with Crippen LogP contribution in [-0.4, -0.2) is 25.7 Å². The molecule has 0 rings (SSSR count). The van der Waals surface area contributed by atoms with Crippen LogP contribution in [0.5, 0.6) is 0 Å². The van der Waals surface area contributed by atoms with E-state index in [-0.39, 0.29) is 0 Å². The Balaban J connectivity index is 0. The van der Waals surface area contributed by atoms with Gasteiger partial charge in [0.15, 0.2) is 0 Å². The van der Waals surface area contributed by atoms with Crippen LogP contribution in [0.15, 0.2) is 0 Å². The van der Waals surface area contributed by atoms with Crippen molar-refractivity contribution in [3.8, 4) is 0 Å².